The van der Waals surface area contributed by atoms with Crippen molar-refractivity contribution in [2.75, 3.05) is 6.61 Å². The van der Waals surface area contributed by atoms with Gasteiger partial charge in [-0.2, -0.15) is 5.26 Å². The van der Waals surface area contributed by atoms with Gasteiger partial charge in [0.2, 0.25) is 0 Å². The number of phenolic OH excluding ortho intramolecular Hbond substituents is 1. The number of halogens is 1. The van der Waals surface area contributed by atoms with Gasteiger partial charge in [0.1, 0.15) is 11.3 Å². The molecule has 1 N–H and O–H groups in total. The number of esters is 1. The van der Waals surface area contributed by atoms with E-state index in [2.05, 4.69) is 0 Å². The Balaban J connectivity index is 3.21. The fraction of sp³-hybridized carbons (Fsp3) is 0.200. The number of phenols is 1. The van der Waals surface area contributed by atoms with Crippen LogP contribution in [-0.4, -0.2) is 17.7 Å². The molecule has 1 rings (SSSR count). The van der Waals surface area contributed by atoms with Crippen molar-refractivity contribution in [3.05, 3.63) is 28.3 Å². The molecule has 0 aliphatic carbocycles. The summed E-state index contributed by atoms with van der Waals surface area (Å²) in [6.45, 7) is 1.83. The number of aromatic hydroxyl groups is 1. The van der Waals surface area contributed by atoms with Gasteiger partial charge in [-0.3, -0.25) is 0 Å². The Labute approximate surface area is 91.7 Å². The highest BCUT2D eigenvalue weighted by molar-refractivity contribution is 6.34. The summed E-state index contributed by atoms with van der Waals surface area (Å²) < 4.78 is 4.70. The number of nitrogens with zero attached hydrogens (tertiary/aromatic N) is 1. The van der Waals surface area contributed by atoms with Gasteiger partial charge < -0.3 is 9.84 Å². The first-order valence-electron chi connectivity index (χ1n) is 4.19. The van der Waals surface area contributed by atoms with Crippen molar-refractivity contribution in [3.63, 3.8) is 0 Å². The topological polar surface area (TPSA) is 70.3 Å². The Morgan fingerprint density at radius 3 is 2.80 bits per heavy atom. The second kappa shape index (κ2) is 4.67. The van der Waals surface area contributed by atoms with E-state index in [9.17, 15) is 9.90 Å². The lowest BCUT2D eigenvalue weighted by molar-refractivity contribution is 0.0523. The van der Waals surface area contributed by atoms with Crippen LogP contribution < -0.4 is 0 Å². The number of benzene rings is 1. The first-order valence-corrected chi connectivity index (χ1v) is 4.57. The number of ether oxygens (including phenoxy) is 1. The zero-order valence-corrected chi connectivity index (χ0v) is 8.71. The Morgan fingerprint density at radius 2 is 2.33 bits per heavy atom. The lowest BCUT2D eigenvalue weighted by atomic mass is 10.1. The zero-order chi connectivity index (χ0) is 11.4. The molecule has 5 heteroatoms. The molecule has 78 valence electrons. The number of hydrogen-bond donors (Lipinski definition) is 1. The normalized spacial score (nSPS) is 9.40. The van der Waals surface area contributed by atoms with Crippen LogP contribution in [-0.2, 0) is 4.74 Å². The van der Waals surface area contributed by atoms with Crippen LogP contribution in [0.5, 0.6) is 5.75 Å². The van der Waals surface area contributed by atoms with Crippen molar-refractivity contribution < 1.29 is 14.6 Å². The van der Waals surface area contributed by atoms with Crippen molar-refractivity contribution in [2.24, 2.45) is 0 Å². The molecule has 1 aromatic rings. The van der Waals surface area contributed by atoms with Crippen molar-refractivity contribution in [3.8, 4) is 11.8 Å². The maximum absolute atomic E-state index is 11.3. The second-order valence-electron chi connectivity index (χ2n) is 2.68. The van der Waals surface area contributed by atoms with E-state index in [1.807, 2.05) is 6.07 Å². The van der Waals surface area contributed by atoms with E-state index >= 15 is 0 Å². The molecule has 0 unspecified atom stereocenters. The lowest BCUT2D eigenvalue weighted by Crippen LogP contribution is -2.06. The third kappa shape index (κ3) is 2.39. The number of nitriles is 1. The monoisotopic (exact) mass is 225 g/mol. The quantitative estimate of drug-likeness (QED) is 0.783. The van der Waals surface area contributed by atoms with Gasteiger partial charge in [-0.1, -0.05) is 11.6 Å². The number of hydrogen-bond acceptors (Lipinski definition) is 4. The van der Waals surface area contributed by atoms with Crippen LogP contribution in [0.1, 0.15) is 22.8 Å². The molecule has 0 aliphatic heterocycles. The van der Waals surface area contributed by atoms with E-state index < -0.39 is 5.97 Å². The van der Waals surface area contributed by atoms with Gasteiger partial charge in [0.25, 0.3) is 0 Å². The molecule has 0 heterocycles. The average molecular weight is 226 g/mol. The average Bonchev–Trinajstić information content (AvgIpc) is 2.16. The summed E-state index contributed by atoms with van der Waals surface area (Å²) in [6.07, 6.45) is 0. The molecule has 15 heavy (non-hydrogen) atoms. The molecule has 0 saturated heterocycles. The predicted octanol–water partition coefficient (Wildman–Crippen LogP) is 2.09. The summed E-state index contributed by atoms with van der Waals surface area (Å²) in [5.74, 6) is -1.05. The predicted molar refractivity (Wildman–Crippen MR) is 53.8 cm³/mol. The van der Waals surface area contributed by atoms with Gasteiger partial charge in [-0.05, 0) is 19.1 Å². The molecule has 0 spiro atoms. The standard InChI is InChI=1S/C10H8ClNO3/c1-2-15-10(14)9-7(11)3-6(5-12)4-8(9)13/h3-4,13H,2H2,1H3. The van der Waals surface area contributed by atoms with Gasteiger partial charge in [0.05, 0.1) is 23.3 Å². The summed E-state index contributed by atoms with van der Waals surface area (Å²) in [6, 6.07) is 4.27. The molecule has 0 amide bonds. The summed E-state index contributed by atoms with van der Waals surface area (Å²) in [5.41, 5.74) is 0.0723. The van der Waals surface area contributed by atoms with Crippen LogP contribution in [0.2, 0.25) is 5.02 Å². The van der Waals surface area contributed by atoms with Gasteiger partial charge in [-0.15, -0.1) is 0 Å². The van der Waals surface area contributed by atoms with E-state index in [-0.39, 0.29) is 28.5 Å². The van der Waals surface area contributed by atoms with Crippen molar-refractivity contribution >= 4 is 17.6 Å². The van der Waals surface area contributed by atoms with Crippen LogP contribution in [0.4, 0.5) is 0 Å². The minimum Gasteiger partial charge on any atom is -0.507 e. The van der Waals surface area contributed by atoms with Crippen LogP contribution in [0.15, 0.2) is 12.1 Å². The highest BCUT2D eigenvalue weighted by Crippen LogP contribution is 2.28. The van der Waals surface area contributed by atoms with Crippen LogP contribution in [0, 0.1) is 11.3 Å². The third-order valence-corrected chi connectivity index (χ3v) is 1.98. The summed E-state index contributed by atoms with van der Waals surface area (Å²) >= 11 is 5.73. The van der Waals surface area contributed by atoms with Crippen molar-refractivity contribution in [1.82, 2.24) is 0 Å². The van der Waals surface area contributed by atoms with E-state index in [1.54, 1.807) is 6.92 Å². The molecular formula is C10H8ClNO3. The van der Waals surface area contributed by atoms with Crippen LogP contribution in [0.3, 0.4) is 0 Å². The molecule has 0 aromatic heterocycles. The SMILES string of the molecule is CCOC(=O)c1c(O)cc(C#N)cc1Cl. The molecule has 0 aliphatic rings. The van der Waals surface area contributed by atoms with E-state index in [1.165, 1.54) is 6.07 Å². The zero-order valence-electron chi connectivity index (χ0n) is 7.95. The minimum absolute atomic E-state index is 0.00463. The number of rotatable bonds is 2. The Hall–Kier alpha value is -1.73. The Kier molecular flexibility index (Phi) is 3.53. The van der Waals surface area contributed by atoms with Crippen molar-refractivity contribution in [1.29, 1.82) is 5.26 Å². The van der Waals surface area contributed by atoms with Gasteiger partial charge in [0.15, 0.2) is 0 Å². The Bertz CT molecular complexity index is 414. The summed E-state index contributed by atoms with van der Waals surface area (Å²) in [7, 11) is 0. The smallest absolute Gasteiger partial charge is 0.343 e. The first-order chi connectivity index (χ1) is 7.10. The summed E-state index contributed by atoms with van der Waals surface area (Å²) in [4.78, 5) is 11.3. The van der Waals surface area contributed by atoms with Gasteiger partial charge >= 0.3 is 5.97 Å². The highest BCUT2D eigenvalue weighted by atomic mass is 35.5. The molecule has 1 aromatic carbocycles. The third-order valence-electron chi connectivity index (χ3n) is 1.68. The second-order valence-corrected chi connectivity index (χ2v) is 3.09. The Morgan fingerprint density at radius 1 is 1.67 bits per heavy atom. The molecule has 0 fully saturated rings. The highest BCUT2D eigenvalue weighted by Gasteiger charge is 2.17. The van der Waals surface area contributed by atoms with E-state index in [4.69, 9.17) is 21.6 Å². The maximum Gasteiger partial charge on any atom is 0.343 e. The van der Waals surface area contributed by atoms with Crippen LogP contribution in [0.25, 0.3) is 0 Å². The van der Waals surface area contributed by atoms with Crippen LogP contribution >= 0.6 is 11.6 Å². The molecule has 0 bridgehead atoms. The fourth-order valence-corrected chi connectivity index (χ4v) is 1.35. The molecule has 0 saturated carbocycles. The minimum atomic E-state index is -0.704. The summed E-state index contributed by atoms with van der Waals surface area (Å²) in [5, 5.41) is 18.1. The first kappa shape index (κ1) is 11.3. The van der Waals surface area contributed by atoms with Crippen molar-refractivity contribution in [2.45, 2.75) is 6.92 Å². The number of carbonyl (C=O) groups excluding carboxylic acids is 1. The molecule has 0 radical (unpaired) electrons. The van der Waals surface area contributed by atoms with E-state index in [0.29, 0.717) is 0 Å². The lowest BCUT2D eigenvalue weighted by Gasteiger charge is -2.06. The van der Waals surface area contributed by atoms with Gasteiger partial charge in [0, 0.05) is 0 Å². The van der Waals surface area contributed by atoms with Gasteiger partial charge in [-0.25, -0.2) is 4.79 Å². The number of carbonyl (C=O) groups is 1. The molecular weight excluding hydrogens is 218 g/mol. The largest absolute Gasteiger partial charge is 0.507 e. The van der Waals surface area contributed by atoms with E-state index in [0.717, 1.165) is 6.07 Å². The maximum atomic E-state index is 11.3. The fourth-order valence-electron chi connectivity index (χ4n) is 1.06. The molecule has 4 nitrogen and oxygen atoms in total. The molecule has 0 atom stereocenters.